The molecule has 166 valence electrons. The predicted molar refractivity (Wildman–Crippen MR) is 122 cm³/mol. The number of carboxylic acid groups (broad SMARTS) is 1. The number of halogens is 2. The molecule has 0 amide bonds. The molecule has 0 aliphatic heterocycles. The number of carboxylic acids is 1. The summed E-state index contributed by atoms with van der Waals surface area (Å²) in [4.78, 5) is 34.7. The van der Waals surface area contributed by atoms with Crippen molar-refractivity contribution in [1.82, 2.24) is 24.9 Å². The molecule has 0 bridgehead atoms. The monoisotopic (exact) mass is 465 g/mol. The molecule has 0 unspecified atom stereocenters. The van der Waals surface area contributed by atoms with E-state index in [-0.39, 0.29) is 16.5 Å². The van der Waals surface area contributed by atoms with Crippen LogP contribution in [0.3, 0.4) is 0 Å². The Morgan fingerprint density at radius 1 is 1.09 bits per heavy atom. The maximum atomic E-state index is 13.5. The smallest absolute Gasteiger partial charge is 0.337 e. The standard InChI is InChI=1S/C22H17ClFN7O2/c1-12-7-27-19(11-26-12)31(2)20-16(13-5-14(21(32)33)9-25-8-13)10-28-22(30-20)29-15-3-4-18(24)17(23)6-15/h3-11H,1-2H3,(H,32,33)(H,28,29,30). The quantitative estimate of drug-likeness (QED) is 0.420. The Morgan fingerprint density at radius 2 is 1.91 bits per heavy atom. The first kappa shape index (κ1) is 22.0. The van der Waals surface area contributed by atoms with Gasteiger partial charge in [-0.05, 0) is 31.2 Å². The molecule has 0 aliphatic carbocycles. The molecule has 0 atom stereocenters. The van der Waals surface area contributed by atoms with Crippen molar-refractivity contribution >= 4 is 40.8 Å². The molecule has 3 aromatic heterocycles. The van der Waals surface area contributed by atoms with Crippen molar-refractivity contribution in [2.75, 3.05) is 17.3 Å². The van der Waals surface area contributed by atoms with E-state index < -0.39 is 11.8 Å². The van der Waals surface area contributed by atoms with Crippen molar-refractivity contribution in [1.29, 1.82) is 0 Å². The van der Waals surface area contributed by atoms with Gasteiger partial charge in [0, 0.05) is 42.5 Å². The first-order chi connectivity index (χ1) is 15.8. The van der Waals surface area contributed by atoms with Gasteiger partial charge in [0.2, 0.25) is 5.95 Å². The molecule has 3 heterocycles. The molecule has 0 radical (unpaired) electrons. The van der Waals surface area contributed by atoms with E-state index in [0.29, 0.717) is 28.5 Å². The first-order valence-corrected chi connectivity index (χ1v) is 10.00. The fraction of sp³-hybridized carbons (Fsp3) is 0.0909. The molecule has 11 heteroatoms. The number of hydrogen-bond donors (Lipinski definition) is 2. The van der Waals surface area contributed by atoms with Gasteiger partial charge in [-0.2, -0.15) is 4.98 Å². The summed E-state index contributed by atoms with van der Waals surface area (Å²) in [5, 5.41) is 12.3. The van der Waals surface area contributed by atoms with E-state index in [1.807, 2.05) is 6.92 Å². The van der Waals surface area contributed by atoms with E-state index >= 15 is 0 Å². The molecular formula is C22H17ClFN7O2. The fourth-order valence-electron chi connectivity index (χ4n) is 2.97. The normalized spacial score (nSPS) is 10.7. The summed E-state index contributed by atoms with van der Waals surface area (Å²) in [5.41, 5.74) is 2.31. The predicted octanol–water partition coefficient (Wildman–Crippen LogP) is 4.64. The van der Waals surface area contributed by atoms with Crippen LogP contribution in [-0.2, 0) is 0 Å². The lowest BCUT2D eigenvalue weighted by Gasteiger charge is -2.21. The summed E-state index contributed by atoms with van der Waals surface area (Å²) in [6.07, 6.45) is 7.54. The SMILES string of the molecule is Cc1cnc(N(C)c2nc(Nc3ccc(F)c(Cl)c3)ncc2-c2cncc(C(=O)O)c2)cn1. The molecule has 4 rings (SSSR count). The lowest BCUT2D eigenvalue weighted by atomic mass is 10.1. The number of carbonyl (C=O) groups is 1. The van der Waals surface area contributed by atoms with Gasteiger partial charge < -0.3 is 15.3 Å². The molecular weight excluding hydrogens is 449 g/mol. The van der Waals surface area contributed by atoms with E-state index in [9.17, 15) is 14.3 Å². The van der Waals surface area contributed by atoms with Gasteiger partial charge in [-0.15, -0.1) is 0 Å². The lowest BCUT2D eigenvalue weighted by Crippen LogP contribution is -2.16. The zero-order valence-corrected chi connectivity index (χ0v) is 18.2. The molecule has 1 aromatic carbocycles. The number of rotatable bonds is 6. The lowest BCUT2D eigenvalue weighted by molar-refractivity contribution is 0.0696. The minimum atomic E-state index is -1.10. The van der Waals surface area contributed by atoms with Gasteiger partial charge in [-0.3, -0.25) is 9.97 Å². The third-order valence-corrected chi connectivity index (χ3v) is 4.96. The highest BCUT2D eigenvalue weighted by molar-refractivity contribution is 6.31. The summed E-state index contributed by atoms with van der Waals surface area (Å²) in [6.45, 7) is 1.83. The zero-order valence-electron chi connectivity index (χ0n) is 17.5. The van der Waals surface area contributed by atoms with Crippen LogP contribution in [0.1, 0.15) is 16.1 Å². The van der Waals surface area contributed by atoms with E-state index in [0.717, 1.165) is 5.69 Å². The minimum Gasteiger partial charge on any atom is -0.478 e. The molecule has 33 heavy (non-hydrogen) atoms. The summed E-state index contributed by atoms with van der Waals surface area (Å²) in [5.74, 6) is -0.494. The first-order valence-electron chi connectivity index (χ1n) is 9.62. The number of anilines is 4. The number of benzene rings is 1. The second-order valence-corrected chi connectivity index (χ2v) is 7.43. The van der Waals surface area contributed by atoms with Gasteiger partial charge >= 0.3 is 5.97 Å². The largest absolute Gasteiger partial charge is 0.478 e. The Balaban J connectivity index is 1.80. The molecule has 9 nitrogen and oxygen atoms in total. The van der Waals surface area contributed by atoms with Gasteiger partial charge in [-0.25, -0.2) is 19.2 Å². The van der Waals surface area contributed by atoms with Crippen molar-refractivity contribution in [2.24, 2.45) is 0 Å². The Bertz CT molecular complexity index is 1330. The van der Waals surface area contributed by atoms with E-state index in [1.54, 1.807) is 24.3 Å². The number of hydrogen-bond acceptors (Lipinski definition) is 8. The number of aryl methyl sites for hydroxylation is 1. The number of aromatic carboxylic acids is 1. The highest BCUT2D eigenvalue weighted by Crippen LogP contribution is 2.33. The molecule has 2 N–H and O–H groups in total. The maximum Gasteiger partial charge on any atom is 0.337 e. The average molecular weight is 466 g/mol. The molecule has 0 spiro atoms. The highest BCUT2D eigenvalue weighted by Gasteiger charge is 2.18. The summed E-state index contributed by atoms with van der Waals surface area (Å²) in [7, 11) is 1.75. The topological polar surface area (TPSA) is 117 Å². The van der Waals surface area contributed by atoms with Crippen LogP contribution in [0.15, 0.2) is 55.2 Å². The van der Waals surface area contributed by atoms with E-state index in [4.69, 9.17) is 11.6 Å². The summed E-state index contributed by atoms with van der Waals surface area (Å²) in [6, 6.07) is 5.65. The van der Waals surface area contributed by atoms with Gasteiger partial charge in [0.05, 0.1) is 28.7 Å². The van der Waals surface area contributed by atoms with Crippen molar-refractivity contribution in [2.45, 2.75) is 6.92 Å². The molecule has 4 aromatic rings. The molecule has 0 saturated carbocycles. The Hall–Kier alpha value is -4.18. The Morgan fingerprint density at radius 3 is 2.61 bits per heavy atom. The Kier molecular flexibility index (Phi) is 6.09. The van der Waals surface area contributed by atoms with Gasteiger partial charge in [0.15, 0.2) is 5.82 Å². The fourth-order valence-corrected chi connectivity index (χ4v) is 3.15. The summed E-state index contributed by atoms with van der Waals surface area (Å²) >= 11 is 5.87. The molecule has 0 fully saturated rings. The highest BCUT2D eigenvalue weighted by atomic mass is 35.5. The zero-order chi connectivity index (χ0) is 23.5. The van der Waals surface area contributed by atoms with Crippen LogP contribution in [0.5, 0.6) is 0 Å². The number of pyridine rings is 1. The van der Waals surface area contributed by atoms with E-state index in [2.05, 4.69) is 30.2 Å². The molecule has 0 saturated heterocycles. The minimum absolute atomic E-state index is 0.0272. The van der Waals surface area contributed by atoms with Gasteiger partial charge in [-0.1, -0.05) is 11.6 Å². The van der Waals surface area contributed by atoms with Crippen LogP contribution in [0.4, 0.5) is 27.7 Å². The van der Waals surface area contributed by atoms with Crippen molar-refractivity contribution < 1.29 is 14.3 Å². The van der Waals surface area contributed by atoms with Crippen molar-refractivity contribution in [3.63, 3.8) is 0 Å². The second kappa shape index (κ2) is 9.13. The number of aromatic nitrogens is 5. The van der Waals surface area contributed by atoms with Crippen LogP contribution in [0.25, 0.3) is 11.1 Å². The van der Waals surface area contributed by atoms with Gasteiger partial charge in [0.1, 0.15) is 11.6 Å². The molecule has 0 aliphatic rings. The third-order valence-electron chi connectivity index (χ3n) is 4.67. The second-order valence-electron chi connectivity index (χ2n) is 7.03. The third kappa shape index (κ3) is 4.85. The Labute approximate surface area is 193 Å². The average Bonchev–Trinajstić information content (AvgIpc) is 2.81. The van der Waals surface area contributed by atoms with Gasteiger partial charge in [0.25, 0.3) is 0 Å². The summed E-state index contributed by atoms with van der Waals surface area (Å²) < 4.78 is 13.5. The van der Waals surface area contributed by atoms with Crippen LogP contribution in [0.2, 0.25) is 5.02 Å². The van der Waals surface area contributed by atoms with Crippen molar-refractivity contribution in [3.05, 3.63) is 77.3 Å². The van der Waals surface area contributed by atoms with Crippen LogP contribution >= 0.6 is 11.6 Å². The van der Waals surface area contributed by atoms with Crippen LogP contribution in [0, 0.1) is 12.7 Å². The maximum absolute atomic E-state index is 13.5. The number of nitrogens with one attached hydrogen (secondary N) is 1. The van der Waals surface area contributed by atoms with Crippen LogP contribution < -0.4 is 10.2 Å². The van der Waals surface area contributed by atoms with Crippen LogP contribution in [-0.4, -0.2) is 43.0 Å². The van der Waals surface area contributed by atoms with Crippen molar-refractivity contribution in [3.8, 4) is 11.1 Å². The van der Waals surface area contributed by atoms with E-state index in [1.165, 1.54) is 42.9 Å². The number of nitrogens with zero attached hydrogens (tertiary/aromatic N) is 6.